The van der Waals surface area contributed by atoms with Crippen LogP contribution in [0.4, 0.5) is 0 Å². The minimum Gasteiger partial charge on any atom is -0.482 e. The Morgan fingerprint density at radius 3 is 2.82 bits per heavy atom. The van der Waals surface area contributed by atoms with Crippen molar-refractivity contribution >= 4 is 11.6 Å². The van der Waals surface area contributed by atoms with Crippen LogP contribution in [-0.4, -0.2) is 39.6 Å². The van der Waals surface area contributed by atoms with E-state index in [1.807, 2.05) is 24.3 Å². The van der Waals surface area contributed by atoms with Crippen molar-refractivity contribution in [2.75, 3.05) is 6.61 Å². The third kappa shape index (κ3) is 2.76. The summed E-state index contributed by atoms with van der Waals surface area (Å²) in [5, 5.41) is 21.1. The van der Waals surface area contributed by atoms with Crippen LogP contribution in [0, 0.1) is 35.0 Å². The maximum absolute atomic E-state index is 12.4. The second kappa shape index (κ2) is 7.29. The number of ether oxygens (including phenoxy) is 1. The summed E-state index contributed by atoms with van der Waals surface area (Å²) >= 11 is 0. The first-order valence-electron chi connectivity index (χ1n) is 12.6. The summed E-state index contributed by atoms with van der Waals surface area (Å²) in [7, 11) is 0. The molecule has 6 rings (SSSR count). The van der Waals surface area contributed by atoms with E-state index in [1.165, 1.54) is 0 Å². The normalized spacial score (nSPS) is 41.5. The second-order valence-electron chi connectivity index (χ2n) is 11.4. The lowest BCUT2D eigenvalue weighted by molar-refractivity contribution is -0.146. The van der Waals surface area contributed by atoms with Gasteiger partial charge in [-0.05, 0) is 86.5 Å². The van der Waals surface area contributed by atoms with Gasteiger partial charge in [-0.3, -0.25) is 9.59 Å². The Morgan fingerprint density at radius 1 is 1.24 bits per heavy atom. The highest BCUT2D eigenvalue weighted by molar-refractivity contribution is 5.94. The van der Waals surface area contributed by atoms with E-state index in [0.29, 0.717) is 36.7 Å². The molecule has 2 N–H and O–H groups in total. The molecule has 3 saturated carbocycles. The van der Waals surface area contributed by atoms with E-state index < -0.39 is 16.6 Å². The molecule has 1 aliphatic heterocycles. The number of Topliss-reactive ketones (excluding diaryl/α,β-unsaturated/α-hetero) is 1. The molecular weight excluding hydrogens is 428 g/mol. The maximum atomic E-state index is 12.4. The molecule has 0 radical (unpaired) electrons. The number of hydrogen-bond acceptors (Lipinski definition) is 5. The van der Waals surface area contributed by atoms with Gasteiger partial charge in [0.15, 0.2) is 11.6 Å². The summed E-state index contributed by atoms with van der Waals surface area (Å²) in [5.74, 6) is 7.79. The Balaban J connectivity index is 1.55. The van der Waals surface area contributed by atoms with Gasteiger partial charge in [-0.25, -0.2) is 0 Å². The summed E-state index contributed by atoms with van der Waals surface area (Å²) < 4.78 is 6.90. The third-order valence-corrected chi connectivity index (χ3v) is 10.0. The second-order valence-corrected chi connectivity index (χ2v) is 11.4. The van der Waals surface area contributed by atoms with Gasteiger partial charge in [0.05, 0.1) is 0 Å². The number of hydrogen-bond donors (Lipinski definition) is 2. The molecule has 1 aromatic rings. The largest absolute Gasteiger partial charge is 0.482 e. The molecule has 3 fully saturated rings. The van der Waals surface area contributed by atoms with Crippen LogP contribution in [0.1, 0.15) is 80.6 Å². The first kappa shape index (κ1) is 22.1. The van der Waals surface area contributed by atoms with Crippen LogP contribution >= 0.6 is 0 Å². The molecule has 34 heavy (non-hydrogen) atoms. The molecule has 4 aliphatic carbocycles. The van der Waals surface area contributed by atoms with Crippen molar-refractivity contribution in [3.05, 3.63) is 41.0 Å². The summed E-state index contributed by atoms with van der Waals surface area (Å²) in [6.07, 6.45) is 7.10. The Hall–Kier alpha value is -2.42. The van der Waals surface area contributed by atoms with Crippen molar-refractivity contribution in [2.24, 2.45) is 23.2 Å². The van der Waals surface area contributed by atoms with E-state index >= 15 is 0 Å². The summed E-state index contributed by atoms with van der Waals surface area (Å²) in [6.45, 7) is 3.50. The van der Waals surface area contributed by atoms with E-state index in [-0.39, 0.29) is 30.0 Å². The van der Waals surface area contributed by atoms with E-state index in [9.17, 15) is 19.8 Å². The van der Waals surface area contributed by atoms with Crippen LogP contribution in [0.5, 0.6) is 5.75 Å². The number of aliphatic hydroxyl groups excluding tert-OH is 1. The Bertz CT molecular complexity index is 1190. The lowest BCUT2D eigenvalue weighted by Gasteiger charge is -2.63. The number of aliphatic hydroxyl groups is 2. The van der Waals surface area contributed by atoms with Crippen LogP contribution in [-0.2, 0) is 4.79 Å². The Kier molecular flexibility index (Phi) is 4.73. The van der Waals surface area contributed by atoms with Gasteiger partial charge < -0.3 is 14.9 Å². The zero-order valence-corrected chi connectivity index (χ0v) is 19.9. The summed E-state index contributed by atoms with van der Waals surface area (Å²) in [4.78, 5) is 24.6. The molecule has 5 heteroatoms. The van der Waals surface area contributed by atoms with Gasteiger partial charge in [0.2, 0.25) is 0 Å². The highest BCUT2D eigenvalue weighted by Crippen LogP contribution is 2.71. The van der Waals surface area contributed by atoms with Gasteiger partial charge >= 0.3 is 0 Å². The standard InChI is InChI=1S/C29H32O5/c1-17(31)18-4-6-21-23-16-27(2)24(9-11-28(27,33)10-3-13-30)22-7-5-19-15-20(32)8-12-29(19,26(22)23)34-25(21)14-18/h4,6,14-15,22-24,26,30,33H,5,7-9,11-13,16H2,1-2H3/t22-,23+,24-,26+,27-,28-,29+/m0/s1. The van der Waals surface area contributed by atoms with E-state index in [0.717, 1.165) is 42.6 Å². The lowest BCUT2D eigenvalue weighted by atomic mass is 9.44. The molecule has 0 bridgehead atoms. The lowest BCUT2D eigenvalue weighted by Crippen LogP contribution is -2.63. The van der Waals surface area contributed by atoms with E-state index in [4.69, 9.17) is 4.74 Å². The number of fused-ring (bicyclic) bond motifs is 4. The van der Waals surface area contributed by atoms with Crippen molar-refractivity contribution < 1.29 is 24.5 Å². The van der Waals surface area contributed by atoms with Gasteiger partial charge in [-0.15, -0.1) is 0 Å². The van der Waals surface area contributed by atoms with Gasteiger partial charge in [0.25, 0.3) is 0 Å². The van der Waals surface area contributed by atoms with Gasteiger partial charge in [-0.2, -0.15) is 0 Å². The SMILES string of the molecule is CC(=O)c1ccc2c(c1)O[C@]13CCC(=O)C=C1CC[C@@H]1[C@@H]3[C@@H]2C[C@@]2(C)[C@H]1CC[C@@]2(O)C#CCO. The average molecular weight is 461 g/mol. The third-order valence-electron chi connectivity index (χ3n) is 10.0. The number of carbonyl (C=O) groups excluding carboxylic acids is 2. The first-order chi connectivity index (χ1) is 16.2. The zero-order valence-electron chi connectivity index (χ0n) is 19.9. The molecule has 1 heterocycles. The molecule has 5 nitrogen and oxygen atoms in total. The van der Waals surface area contributed by atoms with Gasteiger partial charge in [0.1, 0.15) is 23.6 Å². The van der Waals surface area contributed by atoms with Crippen LogP contribution in [0.3, 0.4) is 0 Å². The van der Waals surface area contributed by atoms with Gasteiger partial charge in [-0.1, -0.05) is 30.9 Å². The predicted octanol–water partition coefficient (Wildman–Crippen LogP) is 3.97. The molecule has 0 saturated heterocycles. The summed E-state index contributed by atoms with van der Waals surface area (Å²) in [6, 6.07) is 5.81. The number of ketones is 2. The minimum absolute atomic E-state index is 0.00208. The minimum atomic E-state index is -1.13. The first-order valence-corrected chi connectivity index (χ1v) is 12.6. The number of carbonyl (C=O) groups is 2. The average Bonchev–Trinajstić information content (AvgIpc) is 3.08. The Labute approximate surface area is 200 Å². The van der Waals surface area contributed by atoms with Crippen LogP contribution in [0.15, 0.2) is 29.8 Å². The number of benzene rings is 1. The van der Waals surface area contributed by atoms with Crippen molar-refractivity contribution in [3.8, 4) is 17.6 Å². The molecule has 1 aromatic carbocycles. The smallest absolute Gasteiger partial charge is 0.159 e. The van der Waals surface area contributed by atoms with Crippen molar-refractivity contribution in [3.63, 3.8) is 0 Å². The number of rotatable bonds is 1. The van der Waals surface area contributed by atoms with Crippen molar-refractivity contribution in [1.29, 1.82) is 0 Å². The monoisotopic (exact) mass is 460 g/mol. The fraction of sp³-hybridized carbons (Fsp3) is 0.586. The molecular formula is C29H32O5. The highest BCUT2D eigenvalue weighted by atomic mass is 16.5. The topological polar surface area (TPSA) is 83.8 Å². The molecule has 5 aliphatic rings. The molecule has 178 valence electrons. The van der Waals surface area contributed by atoms with Gasteiger partial charge in [0, 0.05) is 23.3 Å². The van der Waals surface area contributed by atoms with E-state index in [1.54, 1.807) is 6.92 Å². The quantitative estimate of drug-likeness (QED) is 0.490. The zero-order chi connectivity index (χ0) is 23.9. The molecule has 1 spiro atoms. The molecule has 0 unspecified atom stereocenters. The highest BCUT2D eigenvalue weighted by Gasteiger charge is 2.69. The van der Waals surface area contributed by atoms with E-state index in [2.05, 4.69) is 18.8 Å². The fourth-order valence-corrected chi connectivity index (χ4v) is 8.53. The van der Waals surface area contributed by atoms with Crippen molar-refractivity contribution in [2.45, 2.75) is 75.9 Å². The predicted molar refractivity (Wildman–Crippen MR) is 126 cm³/mol. The fourth-order valence-electron chi connectivity index (χ4n) is 8.53. The Morgan fingerprint density at radius 2 is 2.06 bits per heavy atom. The van der Waals surface area contributed by atoms with Crippen LogP contribution < -0.4 is 4.74 Å². The molecule has 0 aromatic heterocycles. The summed E-state index contributed by atoms with van der Waals surface area (Å²) in [5.41, 5.74) is 0.808. The molecule has 0 amide bonds. The van der Waals surface area contributed by atoms with Crippen molar-refractivity contribution in [1.82, 2.24) is 0 Å². The molecule has 7 atom stereocenters. The van der Waals surface area contributed by atoms with Crippen LogP contribution in [0.2, 0.25) is 0 Å². The van der Waals surface area contributed by atoms with Crippen LogP contribution in [0.25, 0.3) is 0 Å². The maximum Gasteiger partial charge on any atom is 0.159 e.